The van der Waals surface area contributed by atoms with Crippen LogP contribution in [0.1, 0.15) is 57.8 Å². The second-order valence-electron chi connectivity index (χ2n) is 7.96. The van der Waals surface area contributed by atoms with Gasteiger partial charge in [-0.05, 0) is 37.8 Å². The average Bonchev–Trinajstić information content (AvgIpc) is 2.67. The number of amides is 1. The average molecular weight is 393 g/mol. The molecule has 1 aliphatic carbocycles. The summed E-state index contributed by atoms with van der Waals surface area (Å²) in [6.45, 7) is 0.793. The molecule has 0 bridgehead atoms. The van der Waals surface area contributed by atoms with E-state index < -0.39 is 10.0 Å². The highest BCUT2D eigenvalue weighted by molar-refractivity contribution is 7.89. The fraction of sp³-hybridized carbons (Fsp3) is 0.667. The molecule has 1 unspecified atom stereocenters. The standard InChI is InChI=1S/C21H32N2O3S/c1-22(19-12-6-3-2-4-7-13-19)21(24)18-11-10-16-23(17-18)27(25,26)20-14-8-5-9-15-20/h5,8-9,14-15,18-19H,2-4,6-7,10-13,16-17H2,1H3. The molecule has 1 heterocycles. The topological polar surface area (TPSA) is 57.7 Å². The molecule has 0 spiro atoms. The maximum Gasteiger partial charge on any atom is 0.243 e. The van der Waals surface area contributed by atoms with Gasteiger partial charge >= 0.3 is 0 Å². The lowest BCUT2D eigenvalue weighted by Crippen LogP contribution is -2.48. The van der Waals surface area contributed by atoms with E-state index in [1.807, 2.05) is 18.0 Å². The van der Waals surface area contributed by atoms with Crippen LogP contribution in [-0.2, 0) is 14.8 Å². The highest BCUT2D eigenvalue weighted by Gasteiger charge is 2.35. The Bertz CT molecular complexity index is 712. The summed E-state index contributed by atoms with van der Waals surface area (Å²) < 4.78 is 27.3. The number of piperidine rings is 1. The van der Waals surface area contributed by atoms with Gasteiger partial charge in [0, 0.05) is 26.2 Å². The molecule has 5 nitrogen and oxygen atoms in total. The van der Waals surface area contributed by atoms with Crippen molar-refractivity contribution in [1.29, 1.82) is 0 Å². The predicted molar refractivity (Wildman–Crippen MR) is 107 cm³/mol. The molecule has 0 aromatic heterocycles. The Morgan fingerprint density at radius 3 is 2.26 bits per heavy atom. The number of benzene rings is 1. The Kier molecular flexibility index (Phi) is 6.93. The molecule has 1 aromatic carbocycles. The fourth-order valence-corrected chi connectivity index (χ4v) is 5.94. The fourth-order valence-electron chi connectivity index (χ4n) is 4.39. The van der Waals surface area contributed by atoms with Gasteiger partial charge in [0.25, 0.3) is 0 Å². The van der Waals surface area contributed by atoms with Crippen LogP contribution in [0.5, 0.6) is 0 Å². The molecular formula is C21H32N2O3S. The van der Waals surface area contributed by atoms with Gasteiger partial charge in [-0.2, -0.15) is 4.31 Å². The molecule has 1 aliphatic heterocycles. The van der Waals surface area contributed by atoms with Crippen molar-refractivity contribution in [3.63, 3.8) is 0 Å². The first-order chi connectivity index (χ1) is 13.0. The summed E-state index contributed by atoms with van der Waals surface area (Å²) in [5, 5.41) is 0. The van der Waals surface area contributed by atoms with E-state index in [0.717, 1.165) is 25.7 Å². The molecule has 1 saturated heterocycles. The zero-order valence-corrected chi connectivity index (χ0v) is 17.2. The van der Waals surface area contributed by atoms with Crippen LogP contribution in [-0.4, -0.2) is 49.7 Å². The van der Waals surface area contributed by atoms with Crippen molar-refractivity contribution >= 4 is 15.9 Å². The lowest BCUT2D eigenvalue weighted by Gasteiger charge is -2.36. The van der Waals surface area contributed by atoms with E-state index in [1.165, 1.54) is 36.4 Å². The summed E-state index contributed by atoms with van der Waals surface area (Å²) in [5.41, 5.74) is 0. The van der Waals surface area contributed by atoms with Crippen LogP contribution in [0.25, 0.3) is 0 Å². The maximum atomic E-state index is 13.1. The van der Waals surface area contributed by atoms with Crippen molar-refractivity contribution in [3.8, 4) is 0 Å². The van der Waals surface area contributed by atoms with Crippen LogP contribution in [0.2, 0.25) is 0 Å². The maximum absolute atomic E-state index is 13.1. The van der Waals surface area contributed by atoms with Gasteiger partial charge in [-0.1, -0.05) is 50.3 Å². The molecule has 1 aromatic rings. The van der Waals surface area contributed by atoms with Crippen LogP contribution in [0.15, 0.2) is 35.2 Å². The summed E-state index contributed by atoms with van der Waals surface area (Å²) in [6, 6.07) is 8.84. The van der Waals surface area contributed by atoms with Gasteiger partial charge in [0.1, 0.15) is 0 Å². The zero-order chi connectivity index (χ0) is 19.3. The summed E-state index contributed by atoms with van der Waals surface area (Å²) in [7, 11) is -1.61. The minimum Gasteiger partial charge on any atom is -0.342 e. The van der Waals surface area contributed by atoms with E-state index >= 15 is 0 Å². The summed E-state index contributed by atoms with van der Waals surface area (Å²) in [5.74, 6) is -0.110. The Morgan fingerprint density at radius 1 is 0.963 bits per heavy atom. The first-order valence-electron chi connectivity index (χ1n) is 10.3. The number of rotatable bonds is 4. The van der Waals surface area contributed by atoms with Crippen molar-refractivity contribution < 1.29 is 13.2 Å². The van der Waals surface area contributed by atoms with E-state index in [1.54, 1.807) is 24.3 Å². The normalized spacial score (nSPS) is 23.4. The summed E-state index contributed by atoms with van der Waals surface area (Å²) >= 11 is 0. The quantitative estimate of drug-likeness (QED) is 0.786. The highest BCUT2D eigenvalue weighted by atomic mass is 32.2. The smallest absolute Gasteiger partial charge is 0.243 e. The molecule has 150 valence electrons. The molecular weight excluding hydrogens is 360 g/mol. The van der Waals surface area contributed by atoms with Crippen molar-refractivity contribution in [2.24, 2.45) is 5.92 Å². The number of hydrogen-bond acceptors (Lipinski definition) is 3. The molecule has 2 fully saturated rings. The SMILES string of the molecule is CN(C(=O)C1CCCN(S(=O)(=O)c2ccccc2)C1)C1CCCCCCC1. The van der Waals surface area contributed by atoms with Crippen LogP contribution >= 0.6 is 0 Å². The van der Waals surface area contributed by atoms with Gasteiger partial charge in [-0.25, -0.2) is 8.42 Å². The third-order valence-corrected chi connectivity index (χ3v) is 7.96. The van der Waals surface area contributed by atoms with Crippen molar-refractivity contribution in [1.82, 2.24) is 9.21 Å². The monoisotopic (exact) mass is 392 g/mol. The lowest BCUT2D eigenvalue weighted by atomic mass is 9.93. The Hall–Kier alpha value is -1.40. The minimum atomic E-state index is -3.53. The van der Waals surface area contributed by atoms with E-state index in [0.29, 0.717) is 24.0 Å². The Morgan fingerprint density at radius 2 is 1.59 bits per heavy atom. The van der Waals surface area contributed by atoms with Gasteiger partial charge < -0.3 is 4.90 Å². The zero-order valence-electron chi connectivity index (χ0n) is 16.3. The van der Waals surface area contributed by atoms with Gasteiger partial charge in [0.15, 0.2) is 0 Å². The molecule has 1 amide bonds. The van der Waals surface area contributed by atoms with Crippen LogP contribution in [0.4, 0.5) is 0 Å². The third kappa shape index (κ3) is 4.91. The lowest BCUT2D eigenvalue weighted by molar-refractivity contribution is -0.137. The minimum absolute atomic E-state index is 0.119. The van der Waals surface area contributed by atoms with E-state index in [9.17, 15) is 13.2 Å². The number of sulfonamides is 1. The van der Waals surface area contributed by atoms with Crippen molar-refractivity contribution in [3.05, 3.63) is 30.3 Å². The largest absolute Gasteiger partial charge is 0.342 e. The molecule has 2 aliphatic rings. The van der Waals surface area contributed by atoms with E-state index in [-0.39, 0.29) is 11.8 Å². The molecule has 3 rings (SSSR count). The molecule has 1 atom stereocenters. The van der Waals surface area contributed by atoms with Gasteiger partial charge in [0.05, 0.1) is 10.8 Å². The Balaban J connectivity index is 1.67. The summed E-state index contributed by atoms with van der Waals surface area (Å²) in [6.07, 6.45) is 9.83. The van der Waals surface area contributed by atoms with Gasteiger partial charge in [-0.3, -0.25) is 4.79 Å². The molecule has 0 radical (unpaired) electrons. The van der Waals surface area contributed by atoms with Gasteiger partial charge in [0.2, 0.25) is 15.9 Å². The first kappa shape index (κ1) is 20.3. The number of hydrogen-bond donors (Lipinski definition) is 0. The number of carbonyl (C=O) groups is 1. The van der Waals surface area contributed by atoms with E-state index in [2.05, 4.69) is 0 Å². The molecule has 6 heteroatoms. The molecule has 27 heavy (non-hydrogen) atoms. The predicted octanol–water partition coefficient (Wildman–Crippen LogP) is 3.66. The second-order valence-corrected chi connectivity index (χ2v) is 9.90. The van der Waals surface area contributed by atoms with Crippen LogP contribution < -0.4 is 0 Å². The number of carbonyl (C=O) groups excluding carboxylic acids is 1. The van der Waals surface area contributed by atoms with Crippen molar-refractivity contribution in [2.75, 3.05) is 20.1 Å². The second kappa shape index (κ2) is 9.20. The summed E-state index contributed by atoms with van der Waals surface area (Å²) in [4.78, 5) is 15.3. The van der Waals surface area contributed by atoms with Crippen LogP contribution in [0.3, 0.4) is 0 Å². The first-order valence-corrected chi connectivity index (χ1v) is 11.8. The van der Waals surface area contributed by atoms with E-state index in [4.69, 9.17) is 0 Å². The molecule has 1 saturated carbocycles. The third-order valence-electron chi connectivity index (χ3n) is 6.08. The molecule has 0 N–H and O–H groups in total. The van der Waals surface area contributed by atoms with Crippen LogP contribution in [0, 0.1) is 5.92 Å². The number of nitrogens with zero attached hydrogens (tertiary/aromatic N) is 2. The van der Waals surface area contributed by atoms with Gasteiger partial charge in [-0.15, -0.1) is 0 Å². The highest BCUT2D eigenvalue weighted by Crippen LogP contribution is 2.27. The Labute approximate surface area is 163 Å². The van der Waals surface area contributed by atoms with Crippen molar-refractivity contribution in [2.45, 2.75) is 68.7 Å².